The summed E-state index contributed by atoms with van der Waals surface area (Å²) in [5.74, 6) is 0.213. The van der Waals surface area contributed by atoms with E-state index in [0.29, 0.717) is 10.0 Å². The zero-order chi connectivity index (χ0) is 18.7. The van der Waals surface area contributed by atoms with Crippen LogP contribution in [0.25, 0.3) is 0 Å². The van der Waals surface area contributed by atoms with Crippen molar-refractivity contribution in [1.82, 2.24) is 9.91 Å². The molecule has 0 aliphatic carbocycles. The summed E-state index contributed by atoms with van der Waals surface area (Å²) < 4.78 is 1.56. The van der Waals surface area contributed by atoms with Gasteiger partial charge < -0.3 is 5.11 Å². The Morgan fingerprint density at radius 1 is 1.08 bits per heavy atom. The molecule has 1 fully saturated rings. The van der Waals surface area contributed by atoms with Gasteiger partial charge in [0.25, 0.3) is 0 Å². The monoisotopic (exact) mass is 479 g/mol. The predicted octanol–water partition coefficient (Wildman–Crippen LogP) is 4.69. The second kappa shape index (κ2) is 8.55. The Morgan fingerprint density at radius 2 is 1.81 bits per heavy atom. The van der Waals surface area contributed by atoms with E-state index in [0.717, 1.165) is 37.2 Å². The molecule has 0 bridgehead atoms. The average molecular weight is 481 g/mol. The number of hydrazone groups is 1. The normalized spacial score (nSPS) is 15.8. The number of nitrogens with zero attached hydrogens (tertiary/aromatic N) is 3. The Hall–Kier alpha value is -1.37. The van der Waals surface area contributed by atoms with E-state index in [9.17, 15) is 5.11 Å². The maximum Gasteiger partial charge on any atom is 0.138 e. The Balaban J connectivity index is 1.57. The molecular weight excluding hydrogens is 458 g/mol. The van der Waals surface area contributed by atoms with Crippen molar-refractivity contribution in [3.8, 4) is 5.75 Å². The molecule has 1 saturated heterocycles. The first-order valence-electron chi connectivity index (χ1n) is 8.68. The number of aryl methyl sites for hydroxylation is 2. The number of halogens is 2. The molecule has 1 heterocycles. The van der Waals surface area contributed by atoms with Crippen LogP contribution >= 0.6 is 31.9 Å². The van der Waals surface area contributed by atoms with Crippen LogP contribution in [-0.4, -0.2) is 47.4 Å². The fourth-order valence-corrected chi connectivity index (χ4v) is 4.36. The topological polar surface area (TPSA) is 39.1 Å². The van der Waals surface area contributed by atoms with Crippen LogP contribution in [-0.2, 0) is 6.54 Å². The van der Waals surface area contributed by atoms with E-state index in [-0.39, 0.29) is 5.75 Å². The van der Waals surface area contributed by atoms with Crippen LogP contribution in [0.2, 0.25) is 0 Å². The van der Waals surface area contributed by atoms with Crippen molar-refractivity contribution in [3.05, 3.63) is 61.5 Å². The Labute approximate surface area is 171 Å². The fraction of sp³-hybridized carbons (Fsp3) is 0.350. The lowest BCUT2D eigenvalue weighted by Crippen LogP contribution is -2.43. The van der Waals surface area contributed by atoms with Crippen LogP contribution in [0.1, 0.15) is 22.3 Å². The lowest BCUT2D eigenvalue weighted by atomic mass is 10.1. The van der Waals surface area contributed by atoms with Crippen molar-refractivity contribution in [1.29, 1.82) is 0 Å². The molecular formula is C20H23Br2N3O. The van der Waals surface area contributed by atoms with Gasteiger partial charge in [-0.3, -0.25) is 9.91 Å². The third-order valence-corrected chi connectivity index (χ3v) is 5.72. The third-order valence-electron chi connectivity index (χ3n) is 4.66. The van der Waals surface area contributed by atoms with Gasteiger partial charge in [0.15, 0.2) is 0 Å². The minimum absolute atomic E-state index is 0.213. The molecule has 0 unspecified atom stereocenters. The maximum absolute atomic E-state index is 10.1. The molecule has 0 amide bonds. The van der Waals surface area contributed by atoms with E-state index in [1.807, 2.05) is 12.1 Å². The minimum Gasteiger partial charge on any atom is -0.506 e. The van der Waals surface area contributed by atoms with Crippen LogP contribution in [0.3, 0.4) is 0 Å². The summed E-state index contributed by atoms with van der Waals surface area (Å²) in [6.45, 7) is 9.05. The first-order chi connectivity index (χ1) is 12.4. The number of benzene rings is 2. The van der Waals surface area contributed by atoms with Gasteiger partial charge in [-0.2, -0.15) is 5.10 Å². The van der Waals surface area contributed by atoms with Crippen LogP contribution in [0.15, 0.2) is 44.4 Å². The van der Waals surface area contributed by atoms with Crippen molar-refractivity contribution in [2.45, 2.75) is 20.4 Å². The maximum atomic E-state index is 10.1. The largest absolute Gasteiger partial charge is 0.506 e. The molecule has 3 rings (SSSR count). The molecule has 1 aliphatic rings. The Morgan fingerprint density at radius 3 is 2.50 bits per heavy atom. The molecule has 1 aliphatic heterocycles. The summed E-state index contributed by atoms with van der Waals surface area (Å²) >= 11 is 6.79. The molecule has 0 atom stereocenters. The summed E-state index contributed by atoms with van der Waals surface area (Å²) in [6, 6.07) is 10.4. The van der Waals surface area contributed by atoms with Gasteiger partial charge in [-0.15, -0.1) is 0 Å². The quantitative estimate of drug-likeness (QED) is 0.645. The van der Waals surface area contributed by atoms with Gasteiger partial charge in [-0.1, -0.05) is 39.7 Å². The van der Waals surface area contributed by atoms with E-state index in [1.54, 1.807) is 6.21 Å². The van der Waals surface area contributed by atoms with Gasteiger partial charge in [-0.25, -0.2) is 0 Å². The highest BCUT2D eigenvalue weighted by Gasteiger charge is 2.16. The van der Waals surface area contributed by atoms with Crippen LogP contribution in [0, 0.1) is 13.8 Å². The third kappa shape index (κ3) is 4.87. The van der Waals surface area contributed by atoms with E-state index in [4.69, 9.17) is 0 Å². The van der Waals surface area contributed by atoms with E-state index >= 15 is 0 Å². The second-order valence-corrected chi connectivity index (χ2v) is 8.50. The Bertz CT molecular complexity index is 815. The molecule has 6 heteroatoms. The smallest absolute Gasteiger partial charge is 0.138 e. The fourth-order valence-electron chi connectivity index (χ4n) is 3.10. The molecule has 1 N–H and O–H groups in total. The summed E-state index contributed by atoms with van der Waals surface area (Å²) in [5, 5.41) is 16.7. The lowest BCUT2D eigenvalue weighted by Gasteiger charge is -2.33. The number of aromatic hydroxyl groups is 1. The van der Waals surface area contributed by atoms with Gasteiger partial charge in [-0.05, 0) is 53.0 Å². The number of piperazine rings is 1. The molecule has 0 aromatic heterocycles. The highest BCUT2D eigenvalue weighted by molar-refractivity contribution is 9.11. The second-order valence-electron chi connectivity index (χ2n) is 6.73. The van der Waals surface area contributed by atoms with E-state index < -0.39 is 0 Å². The minimum atomic E-state index is 0.213. The van der Waals surface area contributed by atoms with Gasteiger partial charge >= 0.3 is 0 Å². The van der Waals surface area contributed by atoms with Crippen LogP contribution < -0.4 is 0 Å². The number of phenols is 1. The standard InChI is InChI=1S/C20H23Br2N3O/c1-14-3-4-16(15(2)9-14)13-24-5-7-25(8-6-24)23-12-17-10-18(21)11-19(22)20(17)26/h3-4,9-12,26H,5-8,13H2,1-2H3/b23-12+. The lowest BCUT2D eigenvalue weighted by molar-refractivity contribution is 0.131. The van der Waals surface area contributed by atoms with Gasteiger partial charge in [0, 0.05) is 42.8 Å². The molecule has 138 valence electrons. The SMILES string of the molecule is Cc1ccc(CN2CCN(/N=C/c3cc(Br)cc(Br)c3O)CC2)c(C)c1. The van der Waals surface area contributed by atoms with Crippen LogP contribution in [0.5, 0.6) is 5.75 Å². The number of phenolic OH excluding ortho intramolecular Hbond substituents is 1. The number of hydrogen-bond donors (Lipinski definition) is 1. The van der Waals surface area contributed by atoms with Crippen molar-refractivity contribution in [2.75, 3.05) is 26.2 Å². The highest BCUT2D eigenvalue weighted by atomic mass is 79.9. The van der Waals surface area contributed by atoms with Gasteiger partial charge in [0.1, 0.15) is 5.75 Å². The zero-order valence-corrected chi connectivity index (χ0v) is 18.2. The van der Waals surface area contributed by atoms with Gasteiger partial charge in [0.05, 0.1) is 10.7 Å². The van der Waals surface area contributed by atoms with Crippen molar-refractivity contribution >= 4 is 38.1 Å². The van der Waals surface area contributed by atoms with E-state index in [1.165, 1.54) is 16.7 Å². The summed E-state index contributed by atoms with van der Waals surface area (Å²) in [4.78, 5) is 2.47. The van der Waals surface area contributed by atoms with Crippen LogP contribution in [0.4, 0.5) is 0 Å². The summed E-state index contributed by atoms with van der Waals surface area (Å²) in [5.41, 5.74) is 4.77. The zero-order valence-electron chi connectivity index (χ0n) is 15.0. The molecule has 0 radical (unpaired) electrons. The number of hydrogen-bond acceptors (Lipinski definition) is 4. The molecule has 4 nitrogen and oxygen atoms in total. The molecule has 26 heavy (non-hydrogen) atoms. The van der Waals surface area contributed by atoms with Gasteiger partial charge in [0.2, 0.25) is 0 Å². The molecule has 2 aromatic carbocycles. The highest BCUT2D eigenvalue weighted by Crippen LogP contribution is 2.30. The van der Waals surface area contributed by atoms with Crippen molar-refractivity contribution in [2.24, 2.45) is 5.10 Å². The Kier molecular flexibility index (Phi) is 6.37. The summed E-state index contributed by atoms with van der Waals surface area (Å²) in [7, 11) is 0. The van der Waals surface area contributed by atoms with Crippen molar-refractivity contribution < 1.29 is 5.11 Å². The first kappa shape index (κ1) is 19.4. The molecule has 0 saturated carbocycles. The molecule has 0 spiro atoms. The van der Waals surface area contributed by atoms with Crippen molar-refractivity contribution in [3.63, 3.8) is 0 Å². The summed E-state index contributed by atoms with van der Waals surface area (Å²) in [6.07, 6.45) is 1.73. The first-order valence-corrected chi connectivity index (χ1v) is 10.3. The average Bonchev–Trinajstić information content (AvgIpc) is 2.60. The number of rotatable bonds is 4. The molecule has 2 aromatic rings. The van der Waals surface area contributed by atoms with E-state index in [2.05, 4.69) is 78.9 Å². The predicted molar refractivity (Wildman–Crippen MR) is 114 cm³/mol.